The highest BCUT2D eigenvalue weighted by molar-refractivity contribution is 6.31. The quantitative estimate of drug-likeness (QED) is 0.518. The van der Waals surface area contributed by atoms with Crippen molar-refractivity contribution in [2.75, 3.05) is 0 Å². The summed E-state index contributed by atoms with van der Waals surface area (Å²) in [4.78, 5) is 0. The summed E-state index contributed by atoms with van der Waals surface area (Å²) in [5.74, 6) is 0. The molecule has 0 nitrogen and oxygen atoms in total. The fraction of sp³-hybridized carbons (Fsp3) is 0.200. The molecule has 0 unspecified atom stereocenters. The fourth-order valence-electron chi connectivity index (χ4n) is 2.60. The first kappa shape index (κ1) is 16.9. The normalized spacial score (nSPS) is 10.3. The summed E-state index contributed by atoms with van der Waals surface area (Å²) in [6.45, 7) is 8.57. The van der Waals surface area contributed by atoms with Crippen molar-refractivity contribution < 1.29 is 0 Å². The number of benzene rings is 2. The molecule has 0 amide bonds. The van der Waals surface area contributed by atoms with E-state index in [4.69, 9.17) is 23.2 Å². The maximum Gasteiger partial charge on any atom is 0.0406 e. The zero-order valence-corrected chi connectivity index (χ0v) is 14.9. The van der Waals surface area contributed by atoms with Gasteiger partial charge in [0.1, 0.15) is 0 Å². The molecule has 0 aliphatic rings. The van der Waals surface area contributed by atoms with Gasteiger partial charge in [0.25, 0.3) is 0 Å². The van der Waals surface area contributed by atoms with Crippen molar-refractivity contribution >= 4 is 34.3 Å². The van der Waals surface area contributed by atoms with E-state index in [1.54, 1.807) is 0 Å². The molecule has 2 heteroatoms. The van der Waals surface area contributed by atoms with Gasteiger partial charge in [-0.25, -0.2) is 0 Å². The zero-order valence-electron chi connectivity index (χ0n) is 13.4. The van der Waals surface area contributed by atoms with Gasteiger partial charge in [-0.2, -0.15) is 0 Å². The van der Waals surface area contributed by atoms with E-state index in [0.717, 1.165) is 10.0 Å². The van der Waals surface area contributed by atoms with Crippen molar-refractivity contribution in [2.45, 2.75) is 27.7 Å². The Morgan fingerprint density at radius 1 is 0.545 bits per heavy atom. The molecular weight excluding hydrogens is 311 g/mol. The van der Waals surface area contributed by atoms with Gasteiger partial charge >= 0.3 is 0 Å². The Morgan fingerprint density at radius 3 is 1.05 bits per heavy atom. The Morgan fingerprint density at radius 2 is 0.818 bits per heavy atom. The minimum Gasteiger partial charge on any atom is -0.0843 e. The molecule has 22 heavy (non-hydrogen) atoms. The van der Waals surface area contributed by atoms with Crippen LogP contribution < -0.4 is 0 Å². The van der Waals surface area contributed by atoms with Crippen LogP contribution in [-0.4, -0.2) is 0 Å². The zero-order chi connectivity index (χ0) is 16.3. The molecule has 0 fully saturated rings. The molecule has 0 bridgehead atoms. The molecule has 0 spiro atoms. The second kappa shape index (κ2) is 7.17. The van der Waals surface area contributed by atoms with Crippen molar-refractivity contribution in [3.05, 3.63) is 80.8 Å². The average molecular weight is 331 g/mol. The third kappa shape index (κ3) is 3.82. The third-order valence-electron chi connectivity index (χ3n) is 3.52. The van der Waals surface area contributed by atoms with Crippen LogP contribution in [0.4, 0.5) is 0 Å². The van der Waals surface area contributed by atoms with Gasteiger partial charge in [0, 0.05) is 10.0 Å². The highest BCUT2D eigenvalue weighted by Gasteiger charge is 2.14. The Kier molecular flexibility index (Phi) is 5.50. The maximum absolute atomic E-state index is 6.03. The van der Waals surface area contributed by atoms with Crippen molar-refractivity contribution in [3.8, 4) is 0 Å². The van der Waals surface area contributed by atoms with E-state index < -0.39 is 0 Å². The Hall–Kier alpha value is -1.50. The average Bonchev–Trinajstić information content (AvgIpc) is 2.46. The molecule has 0 aliphatic heterocycles. The van der Waals surface area contributed by atoms with Crippen LogP contribution in [0.3, 0.4) is 0 Å². The van der Waals surface area contributed by atoms with Crippen LogP contribution in [0.25, 0.3) is 11.1 Å². The third-order valence-corrected chi connectivity index (χ3v) is 4.02. The number of halogens is 2. The lowest BCUT2D eigenvalue weighted by Gasteiger charge is -2.18. The number of allylic oxidation sites excluding steroid dienone is 4. The van der Waals surface area contributed by atoms with Gasteiger partial charge in [0.2, 0.25) is 0 Å². The summed E-state index contributed by atoms with van der Waals surface area (Å²) in [6.07, 6.45) is 0. The van der Waals surface area contributed by atoms with Gasteiger partial charge in [-0.05, 0) is 74.2 Å². The second-order valence-electron chi connectivity index (χ2n) is 5.76. The standard InChI is InChI=1S/C20H20Cl2/c1-13(2)19(15-5-9-17(21)10-6-15)20(14(3)4)16-7-11-18(22)12-8-16/h5-12H,1-4H3. The summed E-state index contributed by atoms with van der Waals surface area (Å²) in [5, 5.41) is 1.50. The van der Waals surface area contributed by atoms with Gasteiger partial charge < -0.3 is 0 Å². The van der Waals surface area contributed by atoms with E-state index in [0.29, 0.717) is 0 Å². The minimum absolute atomic E-state index is 0.752. The lowest BCUT2D eigenvalue weighted by atomic mass is 9.87. The van der Waals surface area contributed by atoms with Crippen LogP contribution in [0, 0.1) is 0 Å². The summed E-state index contributed by atoms with van der Waals surface area (Å²) in [5.41, 5.74) is 7.39. The van der Waals surface area contributed by atoms with E-state index in [-0.39, 0.29) is 0 Å². The monoisotopic (exact) mass is 330 g/mol. The van der Waals surface area contributed by atoms with E-state index in [1.165, 1.54) is 33.4 Å². The summed E-state index contributed by atoms with van der Waals surface area (Å²) in [7, 11) is 0. The van der Waals surface area contributed by atoms with Crippen LogP contribution in [0.15, 0.2) is 59.7 Å². The van der Waals surface area contributed by atoms with E-state index in [9.17, 15) is 0 Å². The van der Waals surface area contributed by atoms with E-state index in [2.05, 4.69) is 52.0 Å². The van der Waals surface area contributed by atoms with E-state index in [1.807, 2.05) is 24.3 Å². The molecule has 0 saturated heterocycles. The van der Waals surface area contributed by atoms with Crippen LogP contribution in [0.1, 0.15) is 38.8 Å². The number of hydrogen-bond acceptors (Lipinski definition) is 0. The lowest BCUT2D eigenvalue weighted by molar-refractivity contribution is 1.35. The maximum atomic E-state index is 6.03. The van der Waals surface area contributed by atoms with Gasteiger partial charge in [-0.3, -0.25) is 0 Å². The highest BCUT2D eigenvalue weighted by atomic mass is 35.5. The van der Waals surface area contributed by atoms with E-state index >= 15 is 0 Å². The summed E-state index contributed by atoms with van der Waals surface area (Å²) >= 11 is 12.1. The molecule has 0 saturated carbocycles. The SMILES string of the molecule is CC(C)=C(C(=C(C)C)c1ccc(Cl)cc1)c1ccc(Cl)cc1. The first-order chi connectivity index (χ1) is 10.4. The molecule has 0 atom stereocenters. The van der Waals surface area contributed by atoms with Crippen LogP contribution in [0.2, 0.25) is 10.0 Å². The lowest BCUT2D eigenvalue weighted by Crippen LogP contribution is -1.95. The first-order valence-corrected chi connectivity index (χ1v) is 8.03. The predicted octanol–water partition coefficient (Wildman–Crippen LogP) is 7.28. The van der Waals surface area contributed by atoms with Crippen molar-refractivity contribution in [2.24, 2.45) is 0 Å². The second-order valence-corrected chi connectivity index (χ2v) is 6.64. The molecular formula is C20H20Cl2. The topological polar surface area (TPSA) is 0 Å². The Labute approximate surface area is 143 Å². The van der Waals surface area contributed by atoms with Crippen molar-refractivity contribution in [3.63, 3.8) is 0 Å². The Bertz CT molecular complexity index is 644. The molecule has 2 aromatic carbocycles. The molecule has 0 aliphatic carbocycles. The van der Waals surface area contributed by atoms with Crippen LogP contribution in [-0.2, 0) is 0 Å². The highest BCUT2D eigenvalue weighted by Crippen LogP contribution is 2.36. The van der Waals surface area contributed by atoms with Crippen molar-refractivity contribution in [1.82, 2.24) is 0 Å². The molecule has 114 valence electrons. The van der Waals surface area contributed by atoms with Crippen LogP contribution >= 0.6 is 23.2 Å². The molecule has 0 N–H and O–H groups in total. The predicted molar refractivity (Wildman–Crippen MR) is 99.4 cm³/mol. The first-order valence-electron chi connectivity index (χ1n) is 7.27. The minimum atomic E-state index is 0.752. The summed E-state index contributed by atoms with van der Waals surface area (Å²) in [6, 6.07) is 16.0. The smallest absolute Gasteiger partial charge is 0.0406 e. The fourth-order valence-corrected chi connectivity index (χ4v) is 2.85. The summed E-state index contributed by atoms with van der Waals surface area (Å²) < 4.78 is 0. The molecule has 2 rings (SSSR count). The molecule has 0 heterocycles. The van der Waals surface area contributed by atoms with Gasteiger partial charge in [-0.15, -0.1) is 0 Å². The van der Waals surface area contributed by atoms with Gasteiger partial charge in [-0.1, -0.05) is 58.6 Å². The molecule has 2 aromatic rings. The Balaban J connectivity index is 2.63. The molecule has 0 aromatic heterocycles. The number of rotatable bonds is 3. The van der Waals surface area contributed by atoms with Crippen molar-refractivity contribution in [1.29, 1.82) is 0 Å². The van der Waals surface area contributed by atoms with Crippen LogP contribution in [0.5, 0.6) is 0 Å². The number of hydrogen-bond donors (Lipinski definition) is 0. The molecule has 0 radical (unpaired) electrons. The van der Waals surface area contributed by atoms with Gasteiger partial charge in [0.05, 0.1) is 0 Å². The largest absolute Gasteiger partial charge is 0.0843 e. The van der Waals surface area contributed by atoms with Gasteiger partial charge in [0.15, 0.2) is 0 Å².